The van der Waals surface area contributed by atoms with Crippen LogP contribution in [0.25, 0.3) is 22.6 Å². The van der Waals surface area contributed by atoms with Crippen LogP contribution in [0.1, 0.15) is 29.5 Å². The predicted molar refractivity (Wildman–Crippen MR) is 129 cm³/mol. The number of nitrogens with one attached hydrogen (secondary N) is 1. The van der Waals surface area contributed by atoms with Crippen LogP contribution in [0, 0.1) is 11.3 Å². The number of ether oxygens (including phenoxy) is 1. The van der Waals surface area contributed by atoms with E-state index in [0.717, 1.165) is 12.1 Å². The van der Waals surface area contributed by atoms with Gasteiger partial charge in [0.1, 0.15) is 5.52 Å². The molecule has 0 saturated carbocycles. The Morgan fingerprint density at radius 3 is 2.73 bits per heavy atom. The Morgan fingerprint density at radius 2 is 1.95 bits per heavy atom. The number of alkyl carbamates (subject to hydrolysis) is 1. The minimum Gasteiger partial charge on any atom is -0.450 e. The molecule has 0 bridgehead atoms. The number of hydrogen-bond acceptors (Lipinski definition) is 7. The van der Waals surface area contributed by atoms with Gasteiger partial charge in [0.25, 0.3) is 0 Å². The first-order valence-electron chi connectivity index (χ1n) is 11.3. The van der Waals surface area contributed by atoms with Crippen LogP contribution in [0.2, 0.25) is 0 Å². The number of halogens is 3. The van der Waals surface area contributed by atoms with Crippen LogP contribution in [0.3, 0.4) is 0 Å². The van der Waals surface area contributed by atoms with Crippen LogP contribution in [0.5, 0.6) is 0 Å². The highest BCUT2D eigenvalue weighted by Crippen LogP contribution is 2.29. The number of anilines is 1. The van der Waals surface area contributed by atoms with Gasteiger partial charge in [0, 0.05) is 18.7 Å². The molecule has 0 atom stereocenters. The molecule has 190 valence electrons. The lowest BCUT2D eigenvalue weighted by Gasteiger charge is -2.10. The van der Waals surface area contributed by atoms with Crippen LogP contribution in [-0.4, -0.2) is 32.2 Å². The molecule has 2 aromatic carbocycles. The number of aryl methyl sites for hydroxylation is 1. The van der Waals surface area contributed by atoms with Crippen molar-refractivity contribution in [3.8, 4) is 17.5 Å². The molecule has 2 heterocycles. The first-order valence-corrected chi connectivity index (χ1v) is 11.3. The van der Waals surface area contributed by atoms with Crippen LogP contribution in [-0.2, 0) is 24.0 Å². The quantitative estimate of drug-likeness (QED) is 0.330. The number of imidazole rings is 1. The van der Waals surface area contributed by atoms with Crippen molar-refractivity contribution in [1.82, 2.24) is 24.8 Å². The highest BCUT2D eigenvalue weighted by Gasteiger charge is 2.30. The van der Waals surface area contributed by atoms with E-state index in [4.69, 9.17) is 15.7 Å². The van der Waals surface area contributed by atoms with Gasteiger partial charge < -0.3 is 20.4 Å². The van der Waals surface area contributed by atoms with Gasteiger partial charge in [0.2, 0.25) is 0 Å². The molecular formula is C25H22F3N7O2. The number of nitriles is 1. The molecule has 9 nitrogen and oxygen atoms in total. The molecular weight excluding hydrogens is 487 g/mol. The number of rotatable bonds is 8. The first-order chi connectivity index (χ1) is 17.7. The summed E-state index contributed by atoms with van der Waals surface area (Å²) in [5.74, 6) is 0.603. The van der Waals surface area contributed by atoms with Crippen molar-refractivity contribution in [1.29, 1.82) is 5.26 Å². The number of unbranched alkanes of at least 4 members (excludes halogenated alkanes) is 1. The van der Waals surface area contributed by atoms with Crippen molar-refractivity contribution < 1.29 is 22.7 Å². The van der Waals surface area contributed by atoms with Crippen molar-refractivity contribution in [3.63, 3.8) is 0 Å². The summed E-state index contributed by atoms with van der Waals surface area (Å²) >= 11 is 0. The number of nitrogens with zero attached hydrogens (tertiary/aromatic N) is 5. The summed E-state index contributed by atoms with van der Waals surface area (Å²) in [6.45, 7) is 0.578. The fourth-order valence-electron chi connectivity index (χ4n) is 3.62. The summed E-state index contributed by atoms with van der Waals surface area (Å²) in [5, 5.41) is 11.6. The third kappa shape index (κ3) is 6.32. The molecule has 12 heteroatoms. The fraction of sp³-hybridized carbons (Fsp3) is 0.240. The molecule has 0 saturated heterocycles. The van der Waals surface area contributed by atoms with E-state index in [-0.39, 0.29) is 19.0 Å². The van der Waals surface area contributed by atoms with Gasteiger partial charge in [-0.05, 0) is 42.7 Å². The van der Waals surface area contributed by atoms with Crippen LogP contribution >= 0.6 is 0 Å². The van der Waals surface area contributed by atoms with Crippen molar-refractivity contribution in [3.05, 3.63) is 71.5 Å². The zero-order valence-electron chi connectivity index (χ0n) is 19.5. The SMILES string of the molecule is N#Cc1cccc(-c2nc(N)c3ncn(CCCCOC(=O)NCc4cccc(C(F)(F)F)c4)c3n2)c1. The molecule has 0 aliphatic heterocycles. The Morgan fingerprint density at radius 1 is 1.14 bits per heavy atom. The van der Waals surface area contributed by atoms with Gasteiger partial charge in [0.15, 0.2) is 17.3 Å². The van der Waals surface area contributed by atoms with Crippen LogP contribution in [0.4, 0.5) is 23.8 Å². The standard InChI is InChI=1S/C25H22F3N7O2/c26-25(27,28)19-8-4-6-17(12-19)14-31-24(36)37-10-2-1-9-35-15-32-20-21(30)33-22(34-23(20)35)18-7-3-5-16(11-18)13-29/h3-8,11-12,15H,1-2,9-10,14H2,(H,31,36)(H2,30,33,34). The summed E-state index contributed by atoms with van der Waals surface area (Å²) in [4.78, 5) is 25.1. The Bertz CT molecular complexity index is 1460. The molecule has 0 spiro atoms. The number of aromatic nitrogens is 4. The van der Waals surface area contributed by atoms with Crippen molar-refractivity contribution in [2.75, 3.05) is 12.3 Å². The summed E-state index contributed by atoms with van der Waals surface area (Å²) < 4.78 is 45.3. The van der Waals surface area contributed by atoms with E-state index < -0.39 is 17.8 Å². The first kappa shape index (κ1) is 25.4. The van der Waals surface area contributed by atoms with Crippen molar-refractivity contribution in [2.24, 2.45) is 0 Å². The molecule has 2 aromatic heterocycles. The van der Waals surface area contributed by atoms with E-state index in [9.17, 15) is 18.0 Å². The van der Waals surface area contributed by atoms with E-state index in [1.165, 1.54) is 12.1 Å². The van der Waals surface area contributed by atoms with Crippen molar-refractivity contribution >= 4 is 23.1 Å². The Kier molecular flexibility index (Phi) is 7.52. The number of hydrogen-bond donors (Lipinski definition) is 2. The normalized spacial score (nSPS) is 11.3. The summed E-state index contributed by atoms with van der Waals surface area (Å²) in [7, 11) is 0. The molecule has 1 amide bonds. The van der Waals surface area contributed by atoms with E-state index in [0.29, 0.717) is 53.1 Å². The van der Waals surface area contributed by atoms with E-state index in [1.54, 1.807) is 30.6 Å². The molecule has 0 aliphatic rings. The molecule has 4 rings (SSSR count). The topological polar surface area (TPSA) is 132 Å². The van der Waals surface area contributed by atoms with Gasteiger partial charge in [-0.3, -0.25) is 0 Å². The number of carbonyl (C=O) groups is 1. The van der Waals surface area contributed by atoms with Gasteiger partial charge >= 0.3 is 12.3 Å². The van der Waals surface area contributed by atoms with E-state index >= 15 is 0 Å². The zero-order valence-corrected chi connectivity index (χ0v) is 19.5. The lowest BCUT2D eigenvalue weighted by atomic mass is 10.1. The Labute approximate surface area is 209 Å². The van der Waals surface area contributed by atoms with Crippen molar-refractivity contribution in [2.45, 2.75) is 32.1 Å². The number of carbonyl (C=O) groups excluding carboxylic acids is 1. The van der Waals surface area contributed by atoms with Gasteiger partial charge in [-0.2, -0.15) is 18.4 Å². The third-order valence-electron chi connectivity index (χ3n) is 5.46. The van der Waals surface area contributed by atoms with Gasteiger partial charge in [0.05, 0.1) is 30.1 Å². The number of fused-ring (bicyclic) bond motifs is 1. The summed E-state index contributed by atoms with van der Waals surface area (Å²) in [6, 6.07) is 13.7. The number of alkyl halides is 3. The molecule has 0 radical (unpaired) electrons. The number of benzene rings is 2. The van der Waals surface area contributed by atoms with E-state index in [2.05, 4.69) is 26.3 Å². The molecule has 37 heavy (non-hydrogen) atoms. The van der Waals surface area contributed by atoms with Gasteiger partial charge in [-0.1, -0.05) is 24.3 Å². The number of amides is 1. The second-order valence-corrected chi connectivity index (χ2v) is 8.13. The maximum Gasteiger partial charge on any atom is 0.416 e. The maximum absolute atomic E-state index is 12.8. The number of nitrogens with two attached hydrogens (primary N) is 1. The minimum atomic E-state index is -4.45. The monoisotopic (exact) mass is 509 g/mol. The lowest BCUT2D eigenvalue weighted by molar-refractivity contribution is -0.137. The smallest absolute Gasteiger partial charge is 0.416 e. The third-order valence-corrected chi connectivity index (χ3v) is 5.46. The van der Waals surface area contributed by atoms with Crippen LogP contribution < -0.4 is 11.1 Å². The molecule has 4 aromatic rings. The highest BCUT2D eigenvalue weighted by atomic mass is 19.4. The highest BCUT2D eigenvalue weighted by molar-refractivity contribution is 5.83. The average molecular weight is 509 g/mol. The van der Waals surface area contributed by atoms with Crippen LogP contribution in [0.15, 0.2) is 54.9 Å². The second-order valence-electron chi connectivity index (χ2n) is 8.13. The molecule has 0 fully saturated rings. The van der Waals surface area contributed by atoms with E-state index in [1.807, 2.05) is 4.57 Å². The number of nitrogen functional groups attached to an aromatic ring is 1. The minimum absolute atomic E-state index is 0.0789. The Balaban J connectivity index is 1.28. The lowest BCUT2D eigenvalue weighted by Crippen LogP contribution is -2.24. The average Bonchev–Trinajstić information content (AvgIpc) is 3.30. The molecule has 0 unspecified atom stereocenters. The largest absolute Gasteiger partial charge is 0.450 e. The second kappa shape index (κ2) is 10.9. The zero-order chi connectivity index (χ0) is 26.4. The Hall–Kier alpha value is -4.66. The molecule has 0 aliphatic carbocycles. The molecule has 3 N–H and O–H groups in total. The fourth-order valence-corrected chi connectivity index (χ4v) is 3.62. The van der Waals surface area contributed by atoms with Gasteiger partial charge in [-0.15, -0.1) is 0 Å². The predicted octanol–water partition coefficient (Wildman–Crippen LogP) is 4.67. The van der Waals surface area contributed by atoms with Gasteiger partial charge in [-0.25, -0.2) is 19.7 Å². The summed E-state index contributed by atoms with van der Waals surface area (Å²) in [6.07, 6.45) is -2.38. The summed E-state index contributed by atoms with van der Waals surface area (Å²) in [5.41, 5.74) is 7.76. The maximum atomic E-state index is 12.8.